The Balaban J connectivity index is 1.57. The predicted molar refractivity (Wildman–Crippen MR) is 133 cm³/mol. The first-order valence-electron chi connectivity index (χ1n) is 11.5. The number of aliphatic hydroxyl groups is 1. The van der Waals surface area contributed by atoms with Crippen molar-refractivity contribution in [2.45, 2.75) is 24.6 Å². The Morgan fingerprint density at radius 3 is 2.50 bits per heavy atom. The minimum Gasteiger partial charge on any atom is -0.477 e. The Morgan fingerprint density at radius 2 is 1.87 bits per heavy atom. The number of fused-ring (bicyclic) bond motifs is 3. The molecule has 1 fully saturated rings. The molecule has 0 amide bonds. The van der Waals surface area contributed by atoms with Crippen LogP contribution in [-0.2, 0) is 18.8 Å². The zero-order chi connectivity index (χ0) is 27.6. The number of aromatic nitrogens is 2. The number of carbonyl (C=O) groups is 1. The molecule has 3 heterocycles. The minimum atomic E-state index is -4.56. The summed E-state index contributed by atoms with van der Waals surface area (Å²) >= 11 is 6.35. The maximum Gasteiger partial charge on any atom is 0.416 e. The lowest BCUT2D eigenvalue weighted by Gasteiger charge is -2.40. The molecule has 0 bridgehead atoms. The normalized spacial score (nSPS) is 15.8. The predicted octanol–water partition coefficient (Wildman–Crippen LogP) is 5.08. The monoisotopic (exact) mass is 549 g/mol. The molecule has 7 nitrogen and oxygen atoms in total. The number of benzene rings is 2. The van der Waals surface area contributed by atoms with Crippen molar-refractivity contribution in [1.29, 1.82) is 0 Å². The molecule has 1 aliphatic heterocycles. The topological polar surface area (TPSA) is 95.7 Å². The molecule has 1 saturated heterocycles. The molecule has 2 aromatic carbocycles. The SMILES string of the molecule is Cn1cc(C(=O)O)c(=O)c2c3cc(N4CCC(O)(c5cccc(C(F)(F)F)c5)CC4)c(Cl)c(F)c3ncc21. The number of piperidine rings is 1. The summed E-state index contributed by atoms with van der Waals surface area (Å²) in [5.74, 6) is -2.33. The van der Waals surface area contributed by atoms with Crippen LogP contribution in [-0.4, -0.2) is 38.8 Å². The summed E-state index contributed by atoms with van der Waals surface area (Å²) < 4.78 is 56.4. The van der Waals surface area contributed by atoms with Gasteiger partial charge in [0.1, 0.15) is 16.1 Å². The third-order valence-corrected chi connectivity index (χ3v) is 7.43. The Bertz CT molecular complexity index is 1680. The smallest absolute Gasteiger partial charge is 0.416 e. The van der Waals surface area contributed by atoms with Crippen molar-refractivity contribution < 1.29 is 32.6 Å². The first-order valence-corrected chi connectivity index (χ1v) is 11.9. The molecule has 5 rings (SSSR count). The lowest BCUT2D eigenvalue weighted by Crippen LogP contribution is -2.43. The van der Waals surface area contributed by atoms with Crippen LogP contribution in [0, 0.1) is 5.82 Å². The van der Waals surface area contributed by atoms with Crippen molar-refractivity contribution in [3.63, 3.8) is 0 Å². The van der Waals surface area contributed by atoms with Gasteiger partial charge in [-0.3, -0.25) is 9.78 Å². The second-order valence-electron chi connectivity index (χ2n) is 9.32. The quantitative estimate of drug-likeness (QED) is 0.273. The lowest BCUT2D eigenvalue weighted by molar-refractivity contribution is -0.137. The maximum atomic E-state index is 15.4. The minimum absolute atomic E-state index is 0.0308. The first-order chi connectivity index (χ1) is 17.8. The molecule has 198 valence electrons. The summed E-state index contributed by atoms with van der Waals surface area (Å²) in [5.41, 5.74) is -3.30. The molecular weight excluding hydrogens is 530 g/mol. The average molecular weight is 550 g/mol. The fourth-order valence-electron chi connectivity index (χ4n) is 4.98. The highest BCUT2D eigenvalue weighted by molar-refractivity contribution is 6.34. The van der Waals surface area contributed by atoms with Crippen molar-refractivity contribution in [3.05, 3.63) is 80.5 Å². The summed E-state index contributed by atoms with van der Waals surface area (Å²) in [5, 5.41) is 20.4. The van der Waals surface area contributed by atoms with Gasteiger partial charge >= 0.3 is 12.1 Å². The lowest BCUT2D eigenvalue weighted by atomic mass is 9.83. The number of aryl methyl sites for hydroxylation is 1. The molecule has 12 heteroatoms. The number of halogens is 5. The molecule has 38 heavy (non-hydrogen) atoms. The molecule has 0 saturated carbocycles. The number of anilines is 1. The number of alkyl halides is 3. The van der Waals surface area contributed by atoms with Crippen molar-refractivity contribution in [3.8, 4) is 0 Å². The van der Waals surface area contributed by atoms with E-state index in [4.69, 9.17) is 11.6 Å². The van der Waals surface area contributed by atoms with Crippen molar-refractivity contribution in [2.75, 3.05) is 18.0 Å². The van der Waals surface area contributed by atoms with E-state index in [0.717, 1.165) is 18.3 Å². The molecule has 0 radical (unpaired) electrons. The third kappa shape index (κ3) is 4.15. The highest BCUT2D eigenvalue weighted by atomic mass is 35.5. The molecule has 2 N–H and O–H groups in total. The fourth-order valence-corrected chi connectivity index (χ4v) is 5.25. The van der Waals surface area contributed by atoms with Crippen molar-refractivity contribution in [1.82, 2.24) is 9.55 Å². The molecular formula is C26H20ClF4N3O4. The van der Waals surface area contributed by atoms with E-state index in [0.29, 0.717) is 0 Å². The van der Waals surface area contributed by atoms with E-state index in [1.54, 1.807) is 4.90 Å². The van der Waals surface area contributed by atoms with Gasteiger partial charge in [0, 0.05) is 31.7 Å². The number of pyridine rings is 2. The number of rotatable bonds is 3. The van der Waals surface area contributed by atoms with Gasteiger partial charge in [0.25, 0.3) is 0 Å². The van der Waals surface area contributed by atoms with Gasteiger partial charge in [-0.1, -0.05) is 23.7 Å². The highest BCUT2D eigenvalue weighted by Crippen LogP contribution is 2.41. The van der Waals surface area contributed by atoms with Crippen LogP contribution in [0.1, 0.15) is 34.3 Å². The third-order valence-electron chi connectivity index (χ3n) is 7.07. The van der Waals surface area contributed by atoms with E-state index in [1.807, 2.05) is 0 Å². The van der Waals surface area contributed by atoms with Crippen LogP contribution in [0.2, 0.25) is 5.02 Å². The van der Waals surface area contributed by atoms with Gasteiger partial charge in [0.15, 0.2) is 5.82 Å². The Hall–Kier alpha value is -3.70. The molecule has 1 aliphatic rings. The van der Waals surface area contributed by atoms with Gasteiger partial charge in [0.2, 0.25) is 5.43 Å². The van der Waals surface area contributed by atoms with E-state index in [9.17, 15) is 33.0 Å². The highest BCUT2D eigenvalue weighted by Gasteiger charge is 2.38. The summed E-state index contributed by atoms with van der Waals surface area (Å²) in [6, 6.07) is 5.98. The van der Waals surface area contributed by atoms with Crippen LogP contribution in [0.15, 0.2) is 47.5 Å². The molecule has 2 aromatic heterocycles. The summed E-state index contributed by atoms with van der Waals surface area (Å²) in [6.07, 6.45) is -2.07. The molecule has 0 aliphatic carbocycles. The van der Waals surface area contributed by atoms with Crippen LogP contribution in [0.3, 0.4) is 0 Å². The largest absolute Gasteiger partial charge is 0.477 e. The van der Waals surface area contributed by atoms with Gasteiger partial charge in [0.05, 0.1) is 34.0 Å². The zero-order valence-corrected chi connectivity index (χ0v) is 20.6. The van der Waals surface area contributed by atoms with E-state index in [2.05, 4.69) is 4.98 Å². The number of aromatic carboxylic acids is 1. The van der Waals surface area contributed by atoms with E-state index in [-0.39, 0.29) is 64.0 Å². The zero-order valence-electron chi connectivity index (χ0n) is 19.8. The Morgan fingerprint density at radius 1 is 1.18 bits per heavy atom. The molecule has 0 spiro atoms. The number of nitrogens with zero attached hydrogens (tertiary/aromatic N) is 3. The number of carboxylic acids is 1. The molecule has 4 aromatic rings. The summed E-state index contributed by atoms with van der Waals surface area (Å²) in [7, 11) is 1.54. The second kappa shape index (κ2) is 8.95. The van der Waals surface area contributed by atoms with Crippen LogP contribution >= 0.6 is 11.6 Å². The van der Waals surface area contributed by atoms with Gasteiger partial charge in [-0.25, -0.2) is 9.18 Å². The Kier molecular flexibility index (Phi) is 6.11. The molecule has 0 unspecified atom stereocenters. The molecule has 0 atom stereocenters. The van der Waals surface area contributed by atoms with Crippen molar-refractivity contribution >= 4 is 45.1 Å². The van der Waals surface area contributed by atoms with Crippen LogP contribution in [0.4, 0.5) is 23.2 Å². The van der Waals surface area contributed by atoms with Crippen LogP contribution in [0.5, 0.6) is 0 Å². The summed E-state index contributed by atoms with van der Waals surface area (Å²) in [6.45, 7) is 0.238. The van der Waals surface area contributed by atoms with Crippen LogP contribution < -0.4 is 10.3 Å². The van der Waals surface area contributed by atoms with Gasteiger partial charge < -0.3 is 19.7 Å². The van der Waals surface area contributed by atoms with E-state index < -0.39 is 40.1 Å². The number of hydrogen-bond acceptors (Lipinski definition) is 5. The summed E-state index contributed by atoms with van der Waals surface area (Å²) in [4.78, 5) is 30.5. The van der Waals surface area contributed by atoms with Gasteiger partial charge in [-0.2, -0.15) is 13.2 Å². The Labute approximate surface area is 217 Å². The van der Waals surface area contributed by atoms with Gasteiger partial charge in [-0.05, 0) is 36.6 Å². The van der Waals surface area contributed by atoms with E-state index >= 15 is 4.39 Å². The first kappa shape index (κ1) is 25.9. The average Bonchev–Trinajstić information content (AvgIpc) is 2.87. The fraction of sp³-hybridized carbons (Fsp3) is 0.269. The second-order valence-corrected chi connectivity index (χ2v) is 9.70. The maximum absolute atomic E-state index is 15.4. The standard InChI is InChI=1S/C26H20ClF4N3O4/c1-33-12-16(24(36)37)23(35)19-15-10-17(20(27)21(28)22(15)32-11-18(19)33)34-7-5-25(38,6-8-34)13-3-2-4-14(9-13)26(29,30)31/h2-4,9-12,38H,5-8H2,1H3,(H,36,37). The number of hydrogen-bond donors (Lipinski definition) is 2. The number of carboxylic acid groups (broad SMARTS) is 1. The van der Waals surface area contributed by atoms with Gasteiger partial charge in [-0.15, -0.1) is 0 Å². The van der Waals surface area contributed by atoms with Crippen LogP contribution in [0.25, 0.3) is 21.8 Å². The van der Waals surface area contributed by atoms with E-state index in [1.165, 1.54) is 36.0 Å². The van der Waals surface area contributed by atoms with Crippen molar-refractivity contribution in [2.24, 2.45) is 7.05 Å².